The molecular formula is C25H33N3O5S2. The average Bonchev–Trinajstić information content (AvgIpc) is 3.36. The average molecular weight is 520 g/mol. The predicted molar refractivity (Wildman–Crippen MR) is 136 cm³/mol. The lowest BCUT2D eigenvalue weighted by molar-refractivity contribution is 0.0373. The fourth-order valence-corrected chi connectivity index (χ4v) is 6.05. The Labute approximate surface area is 212 Å². The second-order valence-electron chi connectivity index (χ2n) is 9.32. The van der Waals surface area contributed by atoms with Gasteiger partial charge in [0.05, 0.1) is 19.2 Å². The summed E-state index contributed by atoms with van der Waals surface area (Å²) in [4.78, 5) is 19.4. The topological polar surface area (TPSA) is 100 Å². The molecule has 35 heavy (non-hydrogen) atoms. The number of pyridine rings is 1. The lowest BCUT2D eigenvalue weighted by atomic mass is 10.00. The number of rotatable bonds is 7. The van der Waals surface area contributed by atoms with Crippen LogP contribution in [0, 0.1) is 23.7 Å². The maximum Gasteiger partial charge on any atom is 0.259 e. The van der Waals surface area contributed by atoms with Crippen LogP contribution in [-0.4, -0.2) is 72.5 Å². The van der Waals surface area contributed by atoms with Gasteiger partial charge in [0.15, 0.2) is 0 Å². The third-order valence-corrected chi connectivity index (χ3v) is 9.06. The lowest BCUT2D eigenvalue weighted by Gasteiger charge is -2.37. The van der Waals surface area contributed by atoms with E-state index in [4.69, 9.17) is 4.74 Å². The number of ether oxygens (including phenoxy) is 1. The van der Waals surface area contributed by atoms with Crippen LogP contribution in [0.25, 0.3) is 0 Å². The van der Waals surface area contributed by atoms with Gasteiger partial charge in [-0.3, -0.25) is 4.79 Å². The first-order valence-corrected chi connectivity index (χ1v) is 13.9. The van der Waals surface area contributed by atoms with Crippen molar-refractivity contribution in [3.8, 4) is 17.7 Å². The van der Waals surface area contributed by atoms with E-state index >= 15 is 0 Å². The zero-order valence-electron chi connectivity index (χ0n) is 20.8. The highest BCUT2D eigenvalue weighted by Crippen LogP contribution is 2.28. The first-order valence-electron chi connectivity index (χ1n) is 11.6. The molecule has 3 heterocycles. The van der Waals surface area contributed by atoms with Gasteiger partial charge < -0.3 is 14.7 Å². The molecule has 0 aromatic carbocycles. The normalized spacial score (nSPS) is 19.4. The Bertz CT molecular complexity index is 1190. The van der Waals surface area contributed by atoms with Gasteiger partial charge in [0.25, 0.3) is 15.9 Å². The molecule has 3 atom stereocenters. The Morgan fingerprint density at radius 2 is 2.11 bits per heavy atom. The van der Waals surface area contributed by atoms with E-state index in [0.717, 1.165) is 17.8 Å². The van der Waals surface area contributed by atoms with Crippen LogP contribution in [0.3, 0.4) is 0 Å². The third kappa shape index (κ3) is 6.41. The molecule has 0 saturated heterocycles. The van der Waals surface area contributed by atoms with E-state index in [1.54, 1.807) is 41.6 Å². The second-order valence-corrected chi connectivity index (χ2v) is 12.5. The number of amides is 1. The molecule has 190 valence electrons. The van der Waals surface area contributed by atoms with E-state index in [-0.39, 0.29) is 40.6 Å². The number of hydrogen-bond donors (Lipinski definition) is 1. The van der Waals surface area contributed by atoms with Gasteiger partial charge in [-0.2, -0.15) is 4.31 Å². The number of thiophene rings is 1. The van der Waals surface area contributed by atoms with Crippen molar-refractivity contribution in [1.82, 2.24) is 14.2 Å². The van der Waals surface area contributed by atoms with Gasteiger partial charge in [0, 0.05) is 37.7 Å². The lowest BCUT2D eigenvalue weighted by Crippen LogP contribution is -2.50. The molecule has 0 saturated carbocycles. The van der Waals surface area contributed by atoms with Crippen LogP contribution in [0.4, 0.5) is 0 Å². The molecule has 1 aliphatic rings. The van der Waals surface area contributed by atoms with E-state index in [1.165, 1.54) is 11.4 Å². The summed E-state index contributed by atoms with van der Waals surface area (Å²) in [6.07, 6.45) is 1.72. The monoisotopic (exact) mass is 519 g/mol. The molecule has 0 spiro atoms. The number of likely N-dealkylation sites (N-methyl/N-ethyl adjacent to an activating group) is 1. The number of aliphatic hydroxyl groups is 1. The number of hydrogen-bond acceptors (Lipinski definition) is 7. The molecule has 0 fully saturated rings. The minimum atomic E-state index is -3.67. The van der Waals surface area contributed by atoms with Crippen molar-refractivity contribution in [3.05, 3.63) is 40.9 Å². The molecular weight excluding hydrogens is 486 g/mol. The third-order valence-electron chi connectivity index (χ3n) is 5.86. The second kappa shape index (κ2) is 11.5. The van der Waals surface area contributed by atoms with Crippen molar-refractivity contribution in [3.63, 3.8) is 0 Å². The van der Waals surface area contributed by atoms with Crippen molar-refractivity contribution in [2.45, 2.75) is 50.5 Å². The molecule has 8 nitrogen and oxygen atoms in total. The van der Waals surface area contributed by atoms with Crippen molar-refractivity contribution in [2.75, 3.05) is 26.7 Å². The van der Waals surface area contributed by atoms with Crippen molar-refractivity contribution in [2.24, 2.45) is 11.8 Å². The molecule has 0 unspecified atom stereocenters. The summed E-state index contributed by atoms with van der Waals surface area (Å²) in [6, 6.07) is 4.50. The van der Waals surface area contributed by atoms with E-state index in [0.29, 0.717) is 18.0 Å². The van der Waals surface area contributed by atoms with Crippen LogP contribution in [0.1, 0.15) is 50.0 Å². The van der Waals surface area contributed by atoms with Crippen LogP contribution in [-0.2, 0) is 10.0 Å². The molecule has 1 N–H and O–H groups in total. The van der Waals surface area contributed by atoms with Gasteiger partial charge in [-0.1, -0.05) is 38.7 Å². The Kier molecular flexibility index (Phi) is 8.94. The van der Waals surface area contributed by atoms with Gasteiger partial charge in [0.1, 0.15) is 15.9 Å². The Hall–Kier alpha value is -2.45. The van der Waals surface area contributed by atoms with Gasteiger partial charge in [0.2, 0.25) is 5.88 Å². The Morgan fingerprint density at radius 1 is 1.37 bits per heavy atom. The van der Waals surface area contributed by atoms with E-state index in [9.17, 15) is 18.3 Å². The van der Waals surface area contributed by atoms with Crippen LogP contribution in [0.15, 0.2) is 34.0 Å². The fourth-order valence-electron chi connectivity index (χ4n) is 3.66. The Morgan fingerprint density at radius 3 is 2.74 bits per heavy atom. The first-order chi connectivity index (χ1) is 16.5. The highest BCUT2D eigenvalue weighted by Gasteiger charge is 2.36. The Balaban J connectivity index is 1.97. The van der Waals surface area contributed by atoms with E-state index < -0.39 is 22.2 Å². The van der Waals surface area contributed by atoms with Crippen LogP contribution in [0.5, 0.6) is 5.88 Å². The van der Waals surface area contributed by atoms with Crippen molar-refractivity contribution >= 4 is 27.3 Å². The summed E-state index contributed by atoms with van der Waals surface area (Å²) in [5.41, 5.74) is 0.850. The maximum absolute atomic E-state index is 13.5. The van der Waals surface area contributed by atoms with Gasteiger partial charge >= 0.3 is 0 Å². The summed E-state index contributed by atoms with van der Waals surface area (Å²) in [5.74, 6) is 6.19. The number of nitrogens with zero attached hydrogens (tertiary/aromatic N) is 3. The number of carbonyl (C=O) groups is 1. The fraction of sp³-hybridized carbons (Fsp3) is 0.520. The summed E-state index contributed by atoms with van der Waals surface area (Å²) in [6.45, 7) is 8.00. The van der Waals surface area contributed by atoms with Gasteiger partial charge in [-0.05, 0) is 30.4 Å². The van der Waals surface area contributed by atoms with Crippen LogP contribution in [0.2, 0.25) is 0 Å². The molecule has 2 aromatic heterocycles. The molecule has 3 rings (SSSR count). The summed E-state index contributed by atoms with van der Waals surface area (Å²) < 4.78 is 33.7. The molecule has 0 aliphatic carbocycles. The molecule has 0 radical (unpaired) electrons. The summed E-state index contributed by atoms with van der Waals surface area (Å²) >= 11 is 1.16. The van der Waals surface area contributed by atoms with Crippen LogP contribution < -0.4 is 4.74 Å². The zero-order valence-corrected chi connectivity index (χ0v) is 22.4. The minimum Gasteiger partial charge on any atom is -0.472 e. The molecule has 1 amide bonds. The van der Waals surface area contributed by atoms with Crippen molar-refractivity contribution in [1.29, 1.82) is 0 Å². The van der Waals surface area contributed by atoms with Gasteiger partial charge in [-0.25, -0.2) is 13.4 Å². The first kappa shape index (κ1) is 27.1. The minimum absolute atomic E-state index is 0.0774. The number of sulfonamides is 1. The largest absolute Gasteiger partial charge is 0.472 e. The number of fused-ring (bicyclic) bond motifs is 1. The standard InChI is InChI=1S/C25H33N3O5S2/c1-17(2)8-6-9-20-12-21-24(26-13-20)33-22(18(3)14-28(25(21)30)19(4)16-29)15-27(5)35(31,32)23-10-7-11-34-23/h7,10-13,17-19,22,29H,8,14-16H2,1-5H3/t18-,19-,22+/m0/s1. The SMILES string of the molecule is CC(C)CC#Cc1cnc2c(c1)C(=O)N([C@@H](C)CO)C[C@H](C)[C@@H](CN(C)S(=O)(=O)c1cccs1)O2. The number of carbonyl (C=O) groups excluding carboxylic acids is 1. The van der Waals surface area contributed by atoms with Crippen molar-refractivity contribution < 1.29 is 23.1 Å². The molecule has 10 heteroatoms. The van der Waals surface area contributed by atoms with Crippen LogP contribution >= 0.6 is 11.3 Å². The highest BCUT2D eigenvalue weighted by atomic mass is 32.2. The highest BCUT2D eigenvalue weighted by molar-refractivity contribution is 7.91. The number of aromatic nitrogens is 1. The summed E-state index contributed by atoms with van der Waals surface area (Å²) in [5, 5.41) is 11.5. The maximum atomic E-state index is 13.5. The zero-order chi connectivity index (χ0) is 25.8. The quantitative estimate of drug-likeness (QED) is 0.565. The van der Waals surface area contributed by atoms with Gasteiger partial charge in [-0.15, -0.1) is 11.3 Å². The predicted octanol–water partition coefficient (Wildman–Crippen LogP) is 3.08. The molecule has 1 aliphatic heterocycles. The smallest absolute Gasteiger partial charge is 0.259 e. The molecule has 2 aromatic rings. The van der Waals surface area contributed by atoms with E-state index in [1.807, 2.05) is 6.92 Å². The van der Waals surface area contributed by atoms with E-state index in [2.05, 4.69) is 30.7 Å². The number of aliphatic hydroxyl groups excluding tert-OH is 1. The molecule has 0 bridgehead atoms. The summed E-state index contributed by atoms with van der Waals surface area (Å²) in [7, 11) is -2.15.